The Morgan fingerprint density at radius 2 is 1.88 bits per heavy atom. The minimum Gasteiger partial charge on any atom is -0.346 e. The predicted octanol–water partition coefficient (Wildman–Crippen LogP) is 3.81. The Bertz CT molecular complexity index is 625. The maximum absolute atomic E-state index is 13.4. The van der Waals surface area contributed by atoms with E-state index in [-0.39, 0.29) is 5.41 Å². The average Bonchev–Trinajstić information content (AvgIpc) is 3.26. The Morgan fingerprint density at radius 3 is 2.60 bits per heavy atom. The first kappa shape index (κ1) is 17.3. The van der Waals surface area contributed by atoms with Crippen molar-refractivity contribution in [2.45, 2.75) is 77.2 Å². The number of piperidine rings is 1. The molecule has 2 aliphatic heterocycles. The van der Waals surface area contributed by atoms with Crippen LogP contribution in [0.25, 0.3) is 0 Å². The fraction of sp³-hybridized carbons (Fsp3) is 0.842. The molecular weight excluding hydrogens is 332 g/mol. The summed E-state index contributed by atoms with van der Waals surface area (Å²) in [6.45, 7) is 7.06. The van der Waals surface area contributed by atoms with Crippen LogP contribution in [-0.4, -0.2) is 46.7 Å². The van der Waals surface area contributed by atoms with Crippen molar-refractivity contribution in [2.75, 3.05) is 24.5 Å². The maximum atomic E-state index is 13.4. The van der Waals surface area contributed by atoms with Crippen molar-refractivity contribution in [1.82, 2.24) is 15.1 Å². The van der Waals surface area contributed by atoms with Crippen molar-refractivity contribution < 1.29 is 4.79 Å². The van der Waals surface area contributed by atoms with Crippen LogP contribution < -0.4 is 4.90 Å². The van der Waals surface area contributed by atoms with Crippen LogP contribution in [0.1, 0.15) is 76.1 Å². The summed E-state index contributed by atoms with van der Waals surface area (Å²) >= 11 is 1.69. The van der Waals surface area contributed by atoms with Crippen LogP contribution in [0.5, 0.6) is 0 Å². The van der Waals surface area contributed by atoms with Crippen molar-refractivity contribution in [1.29, 1.82) is 0 Å². The summed E-state index contributed by atoms with van der Waals surface area (Å²) in [6, 6.07) is 0.501. The third-order valence-corrected chi connectivity index (χ3v) is 7.62. The molecule has 0 N–H and O–H groups in total. The monoisotopic (exact) mass is 362 g/mol. The van der Waals surface area contributed by atoms with Gasteiger partial charge in [-0.2, -0.15) is 0 Å². The molecule has 3 fully saturated rings. The molecule has 0 radical (unpaired) electrons. The number of hydrogen-bond acceptors (Lipinski definition) is 5. The molecule has 2 saturated heterocycles. The maximum Gasteiger partial charge on any atom is 0.230 e. The van der Waals surface area contributed by atoms with Crippen molar-refractivity contribution in [3.8, 4) is 0 Å². The normalized spacial score (nSPS) is 28.5. The fourth-order valence-corrected chi connectivity index (χ4v) is 5.71. The molecule has 1 aliphatic carbocycles. The van der Waals surface area contributed by atoms with E-state index in [0.29, 0.717) is 17.9 Å². The summed E-state index contributed by atoms with van der Waals surface area (Å²) in [4.78, 5) is 18.0. The van der Waals surface area contributed by atoms with E-state index in [1.54, 1.807) is 11.3 Å². The number of anilines is 1. The smallest absolute Gasteiger partial charge is 0.230 e. The summed E-state index contributed by atoms with van der Waals surface area (Å²) in [5.74, 6) is 0.850. The number of likely N-dealkylation sites (tertiary alicyclic amines) is 1. The number of amides is 1. The first-order chi connectivity index (χ1) is 12.1. The van der Waals surface area contributed by atoms with Gasteiger partial charge in [-0.1, -0.05) is 44.4 Å². The average molecular weight is 363 g/mol. The van der Waals surface area contributed by atoms with E-state index in [1.807, 2.05) is 0 Å². The molecule has 5 nitrogen and oxygen atoms in total. The molecule has 25 heavy (non-hydrogen) atoms. The van der Waals surface area contributed by atoms with E-state index in [4.69, 9.17) is 0 Å². The molecule has 3 heterocycles. The van der Waals surface area contributed by atoms with E-state index >= 15 is 0 Å². The lowest BCUT2D eigenvalue weighted by Gasteiger charge is -2.44. The number of carbonyl (C=O) groups excluding carboxylic acids is 1. The van der Waals surface area contributed by atoms with Crippen molar-refractivity contribution in [3.63, 3.8) is 0 Å². The number of aromatic nitrogens is 2. The molecule has 1 amide bonds. The number of rotatable bonds is 3. The minimum atomic E-state index is -0.167. The summed E-state index contributed by atoms with van der Waals surface area (Å²) < 4.78 is 0. The third-order valence-electron chi connectivity index (χ3n) is 6.33. The molecule has 6 heteroatoms. The topological polar surface area (TPSA) is 49.3 Å². The summed E-state index contributed by atoms with van der Waals surface area (Å²) in [5.41, 5.74) is -0.167. The van der Waals surface area contributed by atoms with Crippen molar-refractivity contribution in [3.05, 3.63) is 5.01 Å². The van der Waals surface area contributed by atoms with E-state index in [2.05, 4.69) is 33.8 Å². The fourth-order valence-electron chi connectivity index (χ4n) is 4.84. The first-order valence-electron chi connectivity index (χ1n) is 9.98. The Hall–Kier alpha value is -1.17. The van der Waals surface area contributed by atoms with Gasteiger partial charge in [-0.3, -0.25) is 4.79 Å². The highest BCUT2D eigenvalue weighted by atomic mass is 32.1. The minimum absolute atomic E-state index is 0.167. The SMILES string of the molecule is CC(C)c1nnc(N2CCC3(CCCN(C4CCCCC4)C3=O)C2)s1. The predicted molar refractivity (Wildman–Crippen MR) is 101 cm³/mol. The number of carbonyl (C=O) groups is 1. The van der Waals surface area contributed by atoms with E-state index in [0.717, 1.165) is 49.0 Å². The Kier molecular flexibility index (Phi) is 4.73. The molecule has 1 spiro atoms. The van der Waals surface area contributed by atoms with Crippen LogP contribution in [0.4, 0.5) is 5.13 Å². The Morgan fingerprint density at radius 1 is 1.08 bits per heavy atom. The molecule has 1 atom stereocenters. The van der Waals surface area contributed by atoms with Gasteiger partial charge in [-0.05, 0) is 32.1 Å². The molecule has 1 aromatic rings. The lowest BCUT2D eigenvalue weighted by Crippen LogP contribution is -2.54. The molecule has 0 aromatic carbocycles. The first-order valence-corrected chi connectivity index (χ1v) is 10.8. The van der Waals surface area contributed by atoms with Gasteiger partial charge >= 0.3 is 0 Å². The van der Waals surface area contributed by atoms with Gasteiger partial charge in [-0.25, -0.2) is 0 Å². The van der Waals surface area contributed by atoms with Crippen LogP contribution in [0.15, 0.2) is 0 Å². The van der Waals surface area contributed by atoms with Gasteiger partial charge < -0.3 is 9.80 Å². The third kappa shape index (κ3) is 3.18. The van der Waals surface area contributed by atoms with Gasteiger partial charge in [0, 0.05) is 31.6 Å². The summed E-state index contributed by atoms with van der Waals surface area (Å²) in [7, 11) is 0. The Labute approximate surface area is 154 Å². The van der Waals surface area contributed by atoms with Crippen LogP contribution in [-0.2, 0) is 4.79 Å². The molecular formula is C19H30N4OS. The highest BCUT2D eigenvalue weighted by molar-refractivity contribution is 7.15. The molecule has 4 rings (SSSR count). The zero-order valence-corrected chi connectivity index (χ0v) is 16.4. The van der Waals surface area contributed by atoms with Gasteiger partial charge in [0.2, 0.25) is 11.0 Å². The summed E-state index contributed by atoms with van der Waals surface area (Å²) in [6.07, 6.45) is 9.51. The number of hydrogen-bond donors (Lipinski definition) is 0. The molecule has 1 aromatic heterocycles. The molecule has 0 bridgehead atoms. The standard InChI is InChI=1S/C19H30N4OS/c1-14(2)16-20-21-18(25-16)22-12-10-19(13-22)9-6-11-23(17(19)24)15-7-4-3-5-8-15/h14-15H,3-13H2,1-2H3. The van der Waals surface area contributed by atoms with Crippen LogP contribution in [0.2, 0.25) is 0 Å². The molecule has 1 saturated carbocycles. The second-order valence-corrected chi connectivity index (χ2v) is 9.41. The van der Waals surface area contributed by atoms with Gasteiger partial charge in [-0.15, -0.1) is 10.2 Å². The van der Waals surface area contributed by atoms with Crippen molar-refractivity contribution in [2.24, 2.45) is 5.41 Å². The van der Waals surface area contributed by atoms with E-state index in [9.17, 15) is 4.79 Å². The zero-order chi connectivity index (χ0) is 17.4. The lowest BCUT2D eigenvalue weighted by atomic mass is 9.77. The highest BCUT2D eigenvalue weighted by Gasteiger charge is 2.50. The van der Waals surface area contributed by atoms with E-state index in [1.165, 1.54) is 32.1 Å². The molecule has 3 aliphatic rings. The van der Waals surface area contributed by atoms with Gasteiger partial charge in [0.1, 0.15) is 5.01 Å². The Balaban J connectivity index is 1.48. The quantitative estimate of drug-likeness (QED) is 0.820. The lowest BCUT2D eigenvalue weighted by molar-refractivity contribution is -0.148. The zero-order valence-electron chi connectivity index (χ0n) is 15.5. The van der Waals surface area contributed by atoms with Gasteiger partial charge in [0.15, 0.2) is 0 Å². The second kappa shape index (κ2) is 6.86. The van der Waals surface area contributed by atoms with Gasteiger partial charge in [0.25, 0.3) is 0 Å². The highest BCUT2D eigenvalue weighted by Crippen LogP contribution is 2.43. The molecule has 138 valence electrons. The summed E-state index contributed by atoms with van der Waals surface area (Å²) in [5, 5.41) is 10.8. The molecule has 1 unspecified atom stereocenters. The van der Waals surface area contributed by atoms with Crippen LogP contribution >= 0.6 is 11.3 Å². The van der Waals surface area contributed by atoms with Crippen LogP contribution in [0, 0.1) is 5.41 Å². The van der Waals surface area contributed by atoms with Crippen LogP contribution in [0.3, 0.4) is 0 Å². The number of nitrogens with zero attached hydrogens (tertiary/aromatic N) is 4. The van der Waals surface area contributed by atoms with Gasteiger partial charge in [0.05, 0.1) is 5.41 Å². The van der Waals surface area contributed by atoms with Crippen molar-refractivity contribution >= 4 is 22.4 Å². The largest absolute Gasteiger partial charge is 0.346 e. The van der Waals surface area contributed by atoms with E-state index < -0.39 is 0 Å². The second-order valence-electron chi connectivity index (χ2n) is 8.42.